The Morgan fingerprint density at radius 1 is 0.957 bits per heavy atom. The van der Waals surface area contributed by atoms with Gasteiger partial charge in [0.2, 0.25) is 0 Å². The highest BCUT2D eigenvalue weighted by Crippen LogP contribution is 2.38. The third kappa shape index (κ3) is 3.46. The fourth-order valence-electron chi connectivity index (χ4n) is 4.99. The molecule has 0 aliphatic carbocycles. The molecule has 4 aliphatic heterocycles. The number of nitrogens with zero attached hydrogens (tertiary/aromatic N) is 2. The second-order valence-electron chi connectivity index (χ2n) is 8.97. The molecule has 0 bridgehead atoms. The minimum Gasteiger partial charge on any atom is -0.380 e. The summed E-state index contributed by atoms with van der Waals surface area (Å²) in [5, 5.41) is 3.47. The molecular formula is C19H35N3O. The molecule has 0 aromatic rings. The van der Waals surface area contributed by atoms with E-state index in [1.54, 1.807) is 0 Å². The van der Waals surface area contributed by atoms with Crippen LogP contribution < -0.4 is 5.32 Å². The second kappa shape index (κ2) is 6.62. The number of hydrogen-bond acceptors (Lipinski definition) is 4. The van der Waals surface area contributed by atoms with Crippen LogP contribution in [0.2, 0.25) is 0 Å². The molecule has 0 amide bonds. The van der Waals surface area contributed by atoms with E-state index in [2.05, 4.69) is 22.0 Å². The number of piperidine rings is 2. The molecule has 0 aromatic heterocycles. The summed E-state index contributed by atoms with van der Waals surface area (Å²) in [5.74, 6) is 0. The fraction of sp³-hybridized carbons (Fsp3) is 1.00. The monoisotopic (exact) mass is 321 g/mol. The zero-order chi connectivity index (χ0) is 15.8. The van der Waals surface area contributed by atoms with Crippen LogP contribution in [0.25, 0.3) is 0 Å². The topological polar surface area (TPSA) is 27.7 Å². The number of hydrogen-bond donors (Lipinski definition) is 1. The Labute approximate surface area is 141 Å². The molecule has 4 heteroatoms. The molecule has 0 saturated carbocycles. The molecule has 2 spiro atoms. The Kier molecular flexibility index (Phi) is 4.70. The smallest absolute Gasteiger partial charge is 0.0545 e. The first-order chi connectivity index (χ1) is 11.2. The van der Waals surface area contributed by atoms with Crippen LogP contribution in [0.5, 0.6) is 0 Å². The molecule has 4 aliphatic rings. The van der Waals surface area contributed by atoms with Crippen LogP contribution in [0.4, 0.5) is 0 Å². The third-order valence-electron chi connectivity index (χ3n) is 7.31. The van der Waals surface area contributed by atoms with Gasteiger partial charge in [0.1, 0.15) is 0 Å². The molecule has 0 radical (unpaired) electrons. The molecule has 4 fully saturated rings. The highest BCUT2D eigenvalue weighted by molar-refractivity contribution is 4.96. The molecule has 4 nitrogen and oxygen atoms in total. The van der Waals surface area contributed by atoms with Gasteiger partial charge < -0.3 is 19.9 Å². The highest BCUT2D eigenvalue weighted by Gasteiger charge is 2.41. The summed E-state index contributed by atoms with van der Waals surface area (Å²) in [6, 6.07) is 0.775. The van der Waals surface area contributed by atoms with Crippen molar-refractivity contribution in [1.29, 1.82) is 0 Å². The Hall–Kier alpha value is -0.160. The summed E-state index contributed by atoms with van der Waals surface area (Å²) in [7, 11) is 0. The second-order valence-corrected chi connectivity index (χ2v) is 8.97. The number of rotatable bonds is 5. The minimum atomic E-state index is 0.587. The normalized spacial score (nSPS) is 31.7. The van der Waals surface area contributed by atoms with E-state index in [0.717, 1.165) is 19.3 Å². The minimum absolute atomic E-state index is 0.587. The van der Waals surface area contributed by atoms with Gasteiger partial charge in [0.25, 0.3) is 0 Å². The molecule has 1 N–H and O–H groups in total. The number of likely N-dealkylation sites (tertiary alicyclic amines) is 2. The van der Waals surface area contributed by atoms with Crippen LogP contribution in [0, 0.1) is 10.8 Å². The molecule has 0 aromatic carbocycles. The molecule has 23 heavy (non-hydrogen) atoms. The highest BCUT2D eigenvalue weighted by atomic mass is 16.5. The molecule has 1 unspecified atom stereocenters. The van der Waals surface area contributed by atoms with Crippen molar-refractivity contribution in [2.24, 2.45) is 10.8 Å². The Morgan fingerprint density at radius 2 is 1.61 bits per heavy atom. The van der Waals surface area contributed by atoms with E-state index in [-0.39, 0.29) is 0 Å². The van der Waals surface area contributed by atoms with Gasteiger partial charge in [0.05, 0.1) is 13.2 Å². The molecular weight excluding hydrogens is 286 g/mol. The van der Waals surface area contributed by atoms with Crippen LogP contribution in [0.3, 0.4) is 0 Å². The molecule has 132 valence electrons. The van der Waals surface area contributed by atoms with Gasteiger partial charge >= 0.3 is 0 Å². The van der Waals surface area contributed by atoms with E-state index >= 15 is 0 Å². The maximum Gasteiger partial charge on any atom is 0.0545 e. The third-order valence-corrected chi connectivity index (χ3v) is 7.31. The van der Waals surface area contributed by atoms with Crippen LogP contribution in [-0.2, 0) is 4.74 Å². The van der Waals surface area contributed by atoms with Crippen molar-refractivity contribution in [1.82, 2.24) is 15.1 Å². The Morgan fingerprint density at radius 3 is 2.13 bits per heavy atom. The van der Waals surface area contributed by atoms with Crippen LogP contribution in [0.15, 0.2) is 0 Å². The predicted octanol–water partition coefficient (Wildman–Crippen LogP) is 1.95. The Balaban J connectivity index is 1.11. The zero-order valence-electron chi connectivity index (χ0n) is 15.0. The van der Waals surface area contributed by atoms with E-state index in [4.69, 9.17) is 4.74 Å². The zero-order valence-corrected chi connectivity index (χ0v) is 15.0. The largest absolute Gasteiger partial charge is 0.380 e. The average molecular weight is 322 g/mol. The van der Waals surface area contributed by atoms with E-state index in [9.17, 15) is 0 Å². The van der Waals surface area contributed by atoms with E-state index in [1.807, 2.05) is 0 Å². The van der Waals surface area contributed by atoms with Crippen molar-refractivity contribution in [3.63, 3.8) is 0 Å². The lowest BCUT2D eigenvalue weighted by atomic mass is 9.73. The summed E-state index contributed by atoms with van der Waals surface area (Å²) >= 11 is 0. The van der Waals surface area contributed by atoms with Gasteiger partial charge in [0, 0.05) is 24.5 Å². The van der Waals surface area contributed by atoms with E-state index in [1.165, 1.54) is 84.3 Å². The first kappa shape index (κ1) is 16.3. The average Bonchev–Trinajstić information content (AvgIpc) is 2.52. The van der Waals surface area contributed by atoms with Crippen LogP contribution >= 0.6 is 0 Å². The van der Waals surface area contributed by atoms with Gasteiger partial charge in [-0.05, 0) is 83.6 Å². The van der Waals surface area contributed by atoms with Crippen LogP contribution in [-0.4, -0.2) is 74.9 Å². The molecule has 1 atom stereocenters. The van der Waals surface area contributed by atoms with Gasteiger partial charge in [-0.3, -0.25) is 0 Å². The van der Waals surface area contributed by atoms with Crippen molar-refractivity contribution in [2.75, 3.05) is 59.0 Å². The van der Waals surface area contributed by atoms with Crippen molar-refractivity contribution >= 4 is 0 Å². The summed E-state index contributed by atoms with van der Waals surface area (Å²) < 4.78 is 5.43. The lowest BCUT2D eigenvalue weighted by molar-refractivity contribution is -0.139. The van der Waals surface area contributed by atoms with Crippen molar-refractivity contribution in [2.45, 2.75) is 51.5 Å². The van der Waals surface area contributed by atoms with Gasteiger partial charge in [-0.1, -0.05) is 0 Å². The van der Waals surface area contributed by atoms with Gasteiger partial charge in [-0.2, -0.15) is 0 Å². The number of nitrogens with one attached hydrogen (secondary N) is 1. The molecule has 4 rings (SSSR count). The van der Waals surface area contributed by atoms with Crippen LogP contribution in [0.1, 0.15) is 45.4 Å². The standard InChI is InChI=1S/C19H35N3O/c1-17(22-11-6-18(7-12-22)13-20-14-18)3-2-8-21-9-4-19(5-10-21)15-23-16-19/h17,20H,2-16H2,1H3. The SMILES string of the molecule is CC(CCCN1CCC2(CC1)COC2)N1CCC2(CC1)CNC2. The summed E-state index contributed by atoms with van der Waals surface area (Å²) in [6.45, 7) is 13.6. The fourth-order valence-corrected chi connectivity index (χ4v) is 4.99. The first-order valence-corrected chi connectivity index (χ1v) is 9.94. The quantitative estimate of drug-likeness (QED) is 0.838. The lowest BCUT2D eigenvalue weighted by Crippen LogP contribution is -2.59. The van der Waals surface area contributed by atoms with Crippen molar-refractivity contribution in [3.05, 3.63) is 0 Å². The molecule has 4 heterocycles. The molecule has 4 saturated heterocycles. The summed E-state index contributed by atoms with van der Waals surface area (Å²) in [6.07, 6.45) is 8.31. The van der Waals surface area contributed by atoms with Crippen molar-refractivity contribution in [3.8, 4) is 0 Å². The van der Waals surface area contributed by atoms with Crippen molar-refractivity contribution < 1.29 is 4.74 Å². The lowest BCUT2D eigenvalue weighted by Gasteiger charge is -2.49. The summed E-state index contributed by atoms with van der Waals surface area (Å²) in [4.78, 5) is 5.45. The maximum absolute atomic E-state index is 5.43. The van der Waals surface area contributed by atoms with E-state index < -0.39 is 0 Å². The van der Waals surface area contributed by atoms with Gasteiger partial charge in [-0.25, -0.2) is 0 Å². The predicted molar refractivity (Wildman–Crippen MR) is 93.7 cm³/mol. The van der Waals surface area contributed by atoms with Gasteiger partial charge in [0.15, 0.2) is 0 Å². The summed E-state index contributed by atoms with van der Waals surface area (Å²) in [5.41, 5.74) is 1.27. The first-order valence-electron chi connectivity index (χ1n) is 9.94. The number of ether oxygens (including phenoxy) is 1. The van der Waals surface area contributed by atoms with E-state index in [0.29, 0.717) is 10.8 Å². The van der Waals surface area contributed by atoms with Gasteiger partial charge in [-0.15, -0.1) is 0 Å². The maximum atomic E-state index is 5.43. The Bertz CT molecular complexity index is 385.